The third-order valence-corrected chi connectivity index (χ3v) is 4.33. The molecule has 1 aromatic rings. The molecule has 0 radical (unpaired) electrons. The lowest BCUT2D eigenvalue weighted by atomic mass is 10.1. The Bertz CT molecular complexity index is 459. The van der Waals surface area contributed by atoms with Gasteiger partial charge in [-0.25, -0.2) is 0 Å². The molecule has 2 aliphatic rings. The van der Waals surface area contributed by atoms with Gasteiger partial charge < -0.3 is 10.0 Å². The lowest BCUT2D eigenvalue weighted by Crippen LogP contribution is -2.46. The van der Waals surface area contributed by atoms with Crippen molar-refractivity contribution in [2.24, 2.45) is 0 Å². The normalized spacial score (nSPS) is 27.8. The van der Waals surface area contributed by atoms with Crippen LogP contribution in [0.25, 0.3) is 0 Å². The van der Waals surface area contributed by atoms with E-state index in [1.54, 1.807) is 29.4 Å². The Hall–Kier alpha value is -1.46. The number of aliphatic hydroxyl groups excluding tert-OH is 1. The van der Waals surface area contributed by atoms with Crippen LogP contribution < -0.4 is 0 Å². The number of hydrogen-bond acceptors (Lipinski definition) is 4. The van der Waals surface area contributed by atoms with Gasteiger partial charge in [-0.1, -0.05) is 6.42 Å². The molecule has 1 N–H and O–H groups in total. The molecule has 2 fully saturated rings. The molecule has 5 nitrogen and oxygen atoms in total. The topological polar surface area (TPSA) is 56.7 Å². The first kappa shape index (κ1) is 13.5. The molecule has 20 heavy (non-hydrogen) atoms. The van der Waals surface area contributed by atoms with Crippen LogP contribution in [0.5, 0.6) is 0 Å². The summed E-state index contributed by atoms with van der Waals surface area (Å²) in [4.78, 5) is 20.4. The van der Waals surface area contributed by atoms with Crippen molar-refractivity contribution in [2.45, 2.75) is 31.4 Å². The number of aliphatic hydroxyl groups is 1. The molecule has 2 saturated heterocycles. The maximum absolute atomic E-state index is 12.4. The van der Waals surface area contributed by atoms with Crippen LogP contribution in [0.4, 0.5) is 0 Å². The molecular formula is C15H21N3O2. The zero-order chi connectivity index (χ0) is 13.9. The van der Waals surface area contributed by atoms with Crippen molar-refractivity contribution in [3.8, 4) is 0 Å². The van der Waals surface area contributed by atoms with E-state index in [-0.39, 0.29) is 11.9 Å². The van der Waals surface area contributed by atoms with Crippen LogP contribution in [0.1, 0.15) is 29.6 Å². The van der Waals surface area contributed by atoms with Crippen molar-refractivity contribution in [3.05, 3.63) is 30.1 Å². The number of carbonyl (C=O) groups is 1. The van der Waals surface area contributed by atoms with Gasteiger partial charge in [0.25, 0.3) is 5.91 Å². The van der Waals surface area contributed by atoms with Gasteiger partial charge in [-0.3, -0.25) is 14.7 Å². The van der Waals surface area contributed by atoms with Crippen molar-refractivity contribution in [1.82, 2.24) is 14.8 Å². The number of amides is 1. The molecule has 3 heterocycles. The van der Waals surface area contributed by atoms with Crippen LogP contribution in [-0.2, 0) is 0 Å². The largest absolute Gasteiger partial charge is 0.390 e. The summed E-state index contributed by atoms with van der Waals surface area (Å²) in [6, 6.07) is 3.55. The number of piperidine rings is 1. The van der Waals surface area contributed by atoms with Gasteiger partial charge in [0.2, 0.25) is 0 Å². The number of nitrogens with zero attached hydrogens (tertiary/aromatic N) is 3. The molecule has 0 saturated carbocycles. The van der Waals surface area contributed by atoms with Gasteiger partial charge in [0.1, 0.15) is 0 Å². The molecule has 0 aromatic carbocycles. The maximum atomic E-state index is 12.4. The summed E-state index contributed by atoms with van der Waals surface area (Å²) in [6.07, 6.45) is 6.49. The van der Waals surface area contributed by atoms with E-state index in [9.17, 15) is 9.90 Å². The first-order valence-electron chi connectivity index (χ1n) is 7.37. The third kappa shape index (κ3) is 2.69. The van der Waals surface area contributed by atoms with E-state index < -0.39 is 6.10 Å². The predicted molar refractivity (Wildman–Crippen MR) is 75.4 cm³/mol. The van der Waals surface area contributed by atoms with Gasteiger partial charge in [-0.05, 0) is 38.1 Å². The Kier molecular flexibility index (Phi) is 3.98. The van der Waals surface area contributed by atoms with Crippen LogP contribution in [0.15, 0.2) is 24.5 Å². The molecule has 2 aliphatic heterocycles. The second-order valence-corrected chi connectivity index (χ2v) is 5.68. The minimum atomic E-state index is -0.432. The van der Waals surface area contributed by atoms with E-state index in [0.717, 1.165) is 13.1 Å². The molecule has 1 amide bonds. The molecule has 0 bridgehead atoms. The molecule has 0 unspecified atom stereocenters. The zero-order valence-corrected chi connectivity index (χ0v) is 11.6. The summed E-state index contributed by atoms with van der Waals surface area (Å²) < 4.78 is 0. The van der Waals surface area contributed by atoms with Gasteiger partial charge in [-0.2, -0.15) is 0 Å². The Morgan fingerprint density at radius 2 is 1.85 bits per heavy atom. The highest BCUT2D eigenvalue weighted by Gasteiger charge is 2.38. The van der Waals surface area contributed by atoms with Gasteiger partial charge in [-0.15, -0.1) is 0 Å². The first-order chi connectivity index (χ1) is 9.75. The summed E-state index contributed by atoms with van der Waals surface area (Å²) in [6.45, 7) is 3.14. The van der Waals surface area contributed by atoms with Crippen molar-refractivity contribution in [3.63, 3.8) is 0 Å². The first-order valence-corrected chi connectivity index (χ1v) is 7.37. The Balaban J connectivity index is 1.67. The van der Waals surface area contributed by atoms with E-state index in [1.165, 1.54) is 19.3 Å². The van der Waals surface area contributed by atoms with Gasteiger partial charge in [0.15, 0.2) is 0 Å². The number of hydrogen-bond donors (Lipinski definition) is 1. The minimum absolute atomic E-state index is 0.00837. The molecule has 5 heteroatoms. The van der Waals surface area contributed by atoms with Crippen molar-refractivity contribution >= 4 is 5.91 Å². The smallest absolute Gasteiger partial charge is 0.254 e. The van der Waals surface area contributed by atoms with Crippen LogP contribution >= 0.6 is 0 Å². The van der Waals surface area contributed by atoms with Gasteiger partial charge in [0.05, 0.1) is 12.1 Å². The summed E-state index contributed by atoms with van der Waals surface area (Å²) in [5.41, 5.74) is 0.645. The SMILES string of the molecule is O=C(c1ccncc1)N1C[C@H](O)[C@@H](N2CCCCC2)C1. The average molecular weight is 275 g/mol. The third-order valence-electron chi connectivity index (χ3n) is 4.33. The van der Waals surface area contributed by atoms with E-state index in [4.69, 9.17) is 0 Å². The highest BCUT2D eigenvalue weighted by molar-refractivity contribution is 5.94. The van der Waals surface area contributed by atoms with Crippen molar-refractivity contribution in [2.75, 3.05) is 26.2 Å². The van der Waals surface area contributed by atoms with Gasteiger partial charge >= 0.3 is 0 Å². The van der Waals surface area contributed by atoms with E-state index in [1.807, 2.05) is 0 Å². The lowest BCUT2D eigenvalue weighted by molar-refractivity contribution is 0.0702. The summed E-state index contributed by atoms with van der Waals surface area (Å²) >= 11 is 0. The van der Waals surface area contributed by atoms with Crippen LogP contribution in [0, 0.1) is 0 Å². The fourth-order valence-electron chi connectivity index (χ4n) is 3.22. The fourth-order valence-corrected chi connectivity index (χ4v) is 3.22. The number of rotatable bonds is 2. The standard InChI is InChI=1S/C15H21N3O2/c19-14-11-18(15(20)12-4-6-16-7-5-12)10-13(14)17-8-2-1-3-9-17/h4-7,13-14,19H,1-3,8-11H2/t13-,14-/m0/s1. The monoisotopic (exact) mass is 275 g/mol. The molecule has 1 aromatic heterocycles. The highest BCUT2D eigenvalue weighted by atomic mass is 16.3. The second kappa shape index (κ2) is 5.89. The minimum Gasteiger partial charge on any atom is -0.390 e. The van der Waals surface area contributed by atoms with E-state index in [2.05, 4.69) is 9.88 Å². The average Bonchev–Trinajstić information content (AvgIpc) is 2.90. The Labute approximate surface area is 119 Å². The molecule has 108 valence electrons. The van der Waals surface area contributed by atoms with E-state index >= 15 is 0 Å². The Morgan fingerprint density at radius 3 is 2.55 bits per heavy atom. The van der Waals surface area contributed by atoms with Crippen LogP contribution in [0.3, 0.4) is 0 Å². The summed E-state index contributed by atoms with van der Waals surface area (Å²) in [7, 11) is 0. The maximum Gasteiger partial charge on any atom is 0.254 e. The highest BCUT2D eigenvalue weighted by Crippen LogP contribution is 2.22. The number of β-amino-alcohol motifs (C(OH)–C–C–N with tert-alkyl or cyclic N) is 1. The lowest BCUT2D eigenvalue weighted by Gasteiger charge is -2.33. The molecule has 0 aliphatic carbocycles. The van der Waals surface area contributed by atoms with Crippen molar-refractivity contribution in [1.29, 1.82) is 0 Å². The number of carbonyl (C=O) groups excluding carboxylic acids is 1. The number of pyridine rings is 1. The molecule has 2 atom stereocenters. The quantitative estimate of drug-likeness (QED) is 0.865. The molecule has 0 spiro atoms. The molecular weight excluding hydrogens is 254 g/mol. The summed E-state index contributed by atoms with van der Waals surface area (Å²) in [5, 5.41) is 10.3. The Morgan fingerprint density at radius 1 is 1.15 bits per heavy atom. The van der Waals surface area contributed by atoms with Crippen molar-refractivity contribution < 1.29 is 9.90 Å². The fraction of sp³-hybridized carbons (Fsp3) is 0.600. The van der Waals surface area contributed by atoms with Crippen LogP contribution in [-0.4, -0.2) is 64.1 Å². The summed E-state index contributed by atoms with van der Waals surface area (Å²) in [5.74, 6) is -0.00837. The van der Waals surface area contributed by atoms with Crippen LogP contribution in [0.2, 0.25) is 0 Å². The molecule has 3 rings (SSSR count). The number of aromatic nitrogens is 1. The predicted octanol–water partition coefficient (Wildman–Crippen LogP) is 0.753. The van der Waals surface area contributed by atoms with Gasteiger partial charge in [0, 0.05) is 31.0 Å². The van der Waals surface area contributed by atoms with E-state index in [0.29, 0.717) is 18.7 Å². The number of likely N-dealkylation sites (tertiary alicyclic amines) is 2. The zero-order valence-electron chi connectivity index (χ0n) is 11.6. The second-order valence-electron chi connectivity index (χ2n) is 5.68.